The third-order valence-electron chi connectivity index (χ3n) is 3.00. The molecule has 3 rings (SSSR count). The lowest BCUT2D eigenvalue weighted by molar-refractivity contribution is 0.0653. The summed E-state index contributed by atoms with van der Waals surface area (Å²) >= 11 is 0. The summed E-state index contributed by atoms with van der Waals surface area (Å²) in [4.78, 5) is 29.4. The average Bonchev–Trinajstić information content (AvgIpc) is 2.93. The van der Waals surface area contributed by atoms with Gasteiger partial charge in [-0.25, -0.2) is 0 Å². The number of amides is 2. The second kappa shape index (κ2) is 4.31. The molecule has 2 heterocycles. The number of carbonyl (C=O) groups is 2. The number of aryl methyl sites for hydroxylation is 1. The van der Waals surface area contributed by atoms with E-state index in [1.807, 2.05) is 0 Å². The molecule has 1 aromatic carbocycles. The maximum absolute atomic E-state index is 12.1. The Balaban J connectivity index is 1.77. The molecule has 6 heteroatoms. The van der Waals surface area contributed by atoms with Gasteiger partial charge in [0.1, 0.15) is 0 Å². The van der Waals surface area contributed by atoms with Crippen molar-refractivity contribution >= 4 is 11.8 Å². The Morgan fingerprint density at radius 2 is 1.79 bits per heavy atom. The Kier molecular flexibility index (Phi) is 2.63. The second-order valence-electron chi connectivity index (χ2n) is 4.29. The number of nitrogens with zero attached hydrogens (tertiary/aromatic N) is 3. The largest absolute Gasteiger partial charge is 0.339 e. The van der Waals surface area contributed by atoms with Crippen molar-refractivity contribution in [2.45, 2.75) is 13.3 Å². The Labute approximate surface area is 109 Å². The first-order valence-corrected chi connectivity index (χ1v) is 5.91. The Bertz CT molecular complexity index is 628. The van der Waals surface area contributed by atoms with Gasteiger partial charge in [-0.2, -0.15) is 4.98 Å². The van der Waals surface area contributed by atoms with Gasteiger partial charge in [0.15, 0.2) is 5.82 Å². The lowest BCUT2D eigenvalue weighted by Crippen LogP contribution is -2.31. The first kappa shape index (κ1) is 11.6. The molecule has 0 saturated carbocycles. The monoisotopic (exact) mass is 257 g/mol. The number of aromatic nitrogens is 2. The van der Waals surface area contributed by atoms with Crippen LogP contribution in [-0.4, -0.2) is 33.4 Å². The van der Waals surface area contributed by atoms with Gasteiger partial charge in [-0.1, -0.05) is 17.3 Å². The van der Waals surface area contributed by atoms with E-state index in [9.17, 15) is 9.59 Å². The third kappa shape index (κ3) is 1.91. The molecule has 0 atom stereocenters. The maximum atomic E-state index is 12.1. The second-order valence-corrected chi connectivity index (χ2v) is 4.29. The molecule has 1 aromatic heterocycles. The molecule has 96 valence electrons. The number of hydrogen-bond acceptors (Lipinski definition) is 5. The molecule has 0 spiro atoms. The van der Waals surface area contributed by atoms with Gasteiger partial charge in [-0.3, -0.25) is 14.5 Å². The minimum absolute atomic E-state index is 0.244. The van der Waals surface area contributed by atoms with Gasteiger partial charge < -0.3 is 4.52 Å². The van der Waals surface area contributed by atoms with Crippen molar-refractivity contribution in [3.63, 3.8) is 0 Å². The van der Waals surface area contributed by atoms with E-state index >= 15 is 0 Å². The zero-order valence-corrected chi connectivity index (χ0v) is 10.3. The molecular formula is C13H11N3O3. The lowest BCUT2D eigenvalue weighted by Gasteiger charge is -2.11. The summed E-state index contributed by atoms with van der Waals surface area (Å²) < 4.78 is 4.96. The van der Waals surface area contributed by atoms with E-state index in [0.29, 0.717) is 29.3 Å². The standard InChI is InChI=1S/C13H11N3O3/c1-8-14-11(19-15-8)6-7-16-12(17)9-4-2-3-5-10(9)13(16)18/h2-5H,6-7H2,1H3. The molecule has 0 bridgehead atoms. The van der Waals surface area contributed by atoms with Gasteiger partial charge in [-0.05, 0) is 19.1 Å². The highest BCUT2D eigenvalue weighted by Crippen LogP contribution is 2.22. The summed E-state index contributed by atoms with van der Waals surface area (Å²) in [5.74, 6) is 0.431. The van der Waals surface area contributed by atoms with Crippen LogP contribution in [0, 0.1) is 6.92 Å². The van der Waals surface area contributed by atoms with E-state index in [1.165, 1.54) is 4.90 Å². The molecule has 1 aliphatic rings. The highest BCUT2D eigenvalue weighted by atomic mass is 16.5. The SMILES string of the molecule is Cc1noc(CCN2C(=O)c3ccccc3C2=O)n1. The van der Waals surface area contributed by atoms with Gasteiger partial charge in [0.25, 0.3) is 11.8 Å². The van der Waals surface area contributed by atoms with Crippen molar-refractivity contribution in [1.29, 1.82) is 0 Å². The van der Waals surface area contributed by atoms with E-state index < -0.39 is 0 Å². The van der Waals surface area contributed by atoms with Crippen LogP contribution >= 0.6 is 0 Å². The fourth-order valence-corrected chi connectivity index (χ4v) is 2.09. The average molecular weight is 257 g/mol. The normalized spacial score (nSPS) is 14.1. The third-order valence-corrected chi connectivity index (χ3v) is 3.00. The van der Waals surface area contributed by atoms with Crippen molar-refractivity contribution in [2.75, 3.05) is 6.54 Å². The Hall–Kier alpha value is -2.50. The van der Waals surface area contributed by atoms with Crippen LogP contribution in [0.4, 0.5) is 0 Å². The van der Waals surface area contributed by atoms with Gasteiger partial charge in [0.2, 0.25) is 5.89 Å². The predicted molar refractivity (Wildman–Crippen MR) is 64.5 cm³/mol. The molecule has 1 aliphatic heterocycles. The van der Waals surface area contributed by atoms with Crippen LogP contribution in [0.15, 0.2) is 28.8 Å². The van der Waals surface area contributed by atoms with E-state index in [-0.39, 0.29) is 18.4 Å². The van der Waals surface area contributed by atoms with Crippen LogP contribution < -0.4 is 0 Å². The molecular weight excluding hydrogens is 246 g/mol. The predicted octanol–water partition coefficient (Wildman–Crippen LogP) is 1.22. The Morgan fingerprint density at radius 3 is 2.32 bits per heavy atom. The smallest absolute Gasteiger partial charge is 0.261 e. The molecule has 2 aromatic rings. The van der Waals surface area contributed by atoms with Crippen molar-refractivity contribution < 1.29 is 14.1 Å². The number of benzene rings is 1. The number of rotatable bonds is 3. The van der Waals surface area contributed by atoms with Gasteiger partial charge in [0, 0.05) is 13.0 Å². The number of hydrogen-bond donors (Lipinski definition) is 0. The Morgan fingerprint density at radius 1 is 1.16 bits per heavy atom. The highest BCUT2D eigenvalue weighted by Gasteiger charge is 2.34. The molecule has 0 radical (unpaired) electrons. The van der Waals surface area contributed by atoms with Crippen molar-refractivity contribution in [1.82, 2.24) is 15.0 Å². The summed E-state index contributed by atoms with van der Waals surface area (Å²) in [5, 5.41) is 3.66. The summed E-state index contributed by atoms with van der Waals surface area (Å²) in [6.07, 6.45) is 0.367. The van der Waals surface area contributed by atoms with Crippen LogP contribution in [-0.2, 0) is 6.42 Å². The lowest BCUT2D eigenvalue weighted by atomic mass is 10.1. The van der Waals surface area contributed by atoms with Gasteiger partial charge in [0.05, 0.1) is 11.1 Å². The fraction of sp³-hybridized carbons (Fsp3) is 0.231. The number of fused-ring (bicyclic) bond motifs is 1. The van der Waals surface area contributed by atoms with Crippen molar-refractivity contribution in [3.8, 4) is 0 Å². The quantitative estimate of drug-likeness (QED) is 0.772. The molecule has 2 amide bonds. The maximum Gasteiger partial charge on any atom is 0.261 e. The zero-order chi connectivity index (χ0) is 13.4. The number of carbonyl (C=O) groups excluding carboxylic acids is 2. The van der Waals surface area contributed by atoms with Gasteiger partial charge >= 0.3 is 0 Å². The minimum atomic E-state index is -0.267. The van der Waals surface area contributed by atoms with Crippen LogP contribution in [0.5, 0.6) is 0 Å². The van der Waals surface area contributed by atoms with E-state index in [2.05, 4.69) is 10.1 Å². The highest BCUT2D eigenvalue weighted by molar-refractivity contribution is 6.21. The molecule has 0 aliphatic carbocycles. The molecule has 0 N–H and O–H groups in total. The van der Waals surface area contributed by atoms with Crippen LogP contribution in [0.2, 0.25) is 0 Å². The molecule has 0 fully saturated rings. The van der Waals surface area contributed by atoms with E-state index in [0.717, 1.165) is 0 Å². The summed E-state index contributed by atoms with van der Waals surface area (Å²) in [5.41, 5.74) is 0.906. The molecule has 0 saturated heterocycles. The van der Waals surface area contributed by atoms with Crippen molar-refractivity contribution in [3.05, 3.63) is 47.1 Å². The topological polar surface area (TPSA) is 76.3 Å². The molecule has 0 unspecified atom stereocenters. The van der Waals surface area contributed by atoms with E-state index in [4.69, 9.17) is 4.52 Å². The molecule has 6 nitrogen and oxygen atoms in total. The van der Waals surface area contributed by atoms with Crippen LogP contribution in [0.3, 0.4) is 0 Å². The first-order valence-electron chi connectivity index (χ1n) is 5.91. The minimum Gasteiger partial charge on any atom is -0.339 e. The number of imide groups is 1. The first-order chi connectivity index (χ1) is 9.16. The summed E-state index contributed by atoms with van der Waals surface area (Å²) in [6, 6.07) is 6.81. The van der Waals surface area contributed by atoms with Gasteiger partial charge in [-0.15, -0.1) is 0 Å². The zero-order valence-electron chi connectivity index (χ0n) is 10.3. The van der Waals surface area contributed by atoms with Crippen LogP contribution in [0.1, 0.15) is 32.4 Å². The molecule has 19 heavy (non-hydrogen) atoms. The van der Waals surface area contributed by atoms with E-state index in [1.54, 1.807) is 31.2 Å². The van der Waals surface area contributed by atoms with Crippen molar-refractivity contribution in [2.24, 2.45) is 0 Å². The van der Waals surface area contributed by atoms with Crippen LogP contribution in [0.25, 0.3) is 0 Å². The fourth-order valence-electron chi connectivity index (χ4n) is 2.09. The summed E-state index contributed by atoms with van der Waals surface area (Å²) in [6.45, 7) is 1.96. The summed E-state index contributed by atoms with van der Waals surface area (Å²) in [7, 11) is 0.